The Morgan fingerprint density at radius 1 is 1.75 bits per heavy atom. The van der Waals surface area contributed by atoms with Gasteiger partial charge < -0.3 is 10.8 Å². The maximum atomic E-state index is 9.23. The van der Waals surface area contributed by atoms with Crippen LogP contribution in [0.25, 0.3) is 0 Å². The summed E-state index contributed by atoms with van der Waals surface area (Å²) in [5.74, 6) is 0.542. The van der Waals surface area contributed by atoms with Crippen LogP contribution in [0, 0.1) is 0 Å². The molecule has 1 fully saturated rings. The molecule has 0 heterocycles. The van der Waals surface area contributed by atoms with Gasteiger partial charge >= 0.3 is 0 Å². The van der Waals surface area contributed by atoms with E-state index in [0.29, 0.717) is 5.75 Å². The van der Waals surface area contributed by atoms with E-state index in [4.69, 9.17) is 5.73 Å². The fourth-order valence-electron chi connectivity index (χ4n) is 1.05. The highest BCUT2D eigenvalue weighted by Crippen LogP contribution is 2.31. The number of rotatable bonds is 1. The summed E-state index contributed by atoms with van der Waals surface area (Å²) < 4.78 is 0. The SMILES string of the molecule is NC1CC(O)(CS)C1. The number of hydrogen-bond acceptors (Lipinski definition) is 3. The third kappa shape index (κ3) is 0.989. The van der Waals surface area contributed by atoms with Crippen LogP contribution in [0.2, 0.25) is 0 Å². The Morgan fingerprint density at radius 2 is 2.25 bits per heavy atom. The lowest BCUT2D eigenvalue weighted by Gasteiger charge is -2.40. The molecule has 0 saturated heterocycles. The van der Waals surface area contributed by atoms with Crippen molar-refractivity contribution < 1.29 is 5.11 Å². The van der Waals surface area contributed by atoms with Crippen LogP contribution in [0.15, 0.2) is 0 Å². The topological polar surface area (TPSA) is 46.2 Å². The van der Waals surface area contributed by atoms with E-state index in [1.807, 2.05) is 0 Å². The Bertz CT molecular complexity index is 90.4. The predicted molar refractivity (Wildman–Crippen MR) is 36.0 cm³/mol. The van der Waals surface area contributed by atoms with Crippen molar-refractivity contribution >= 4 is 12.6 Å². The molecule has 0 aromatic rings. The minimum Gasteiger partial charge on any atom is -0.389 e. The first-order chi connectivity index (χ1) is 3.66. The summed E-state index contributed by atoms with van der Waals surface area (Å²) in [7, 11) is 0. The van der Waals surface area contributed by atoms with Crippen molar-refractivity contribution in [3.05, 3.63) is 0 Å². The van der Waals surface area contributed by atoms with Gasteiger partial charge in [-0.15, -0.1) is 0 Å². The minimum absolute atomic E-state index is 0.215. The van der Waals surface area contributed by atoms with Crippen molar-refractivity contribution in [2.45, 2.75) is 24.5 Å². The van der Waals surface area contributed by atoms with Crippen molar-refractivity contribution in [2.75, 3.05) is 5.75 Å². The number of hydrogen-bond donors (Lipinski definition) is 3. The fourth-order valence-corrected chi connectivity index (χ4v) is 1.30. The smallest absolute Gasteiger partial charge is 0.0764 e. The van der Waals surface area contributed by atoms with Gasteiger partial charge in [-0.1, -0.05) is 0 Å². The second-order valence-electron chi connectivity index (χ2n) is 2.55. The largest absolute Gasteiger partial charge is 0.389 e. The first-order valence-corrected chi connectivity index (χ1v) is 3.38. The summed E-state index contributed by atoms with van der Waals surface area (Å²) >= 11 is 3.97. The van der Waals surface area contributed by atoms with E-state index in [0.717, 1.165) is 12.8 Å². The molecule has 1 aliphatic carbocycles. The van der Waals surface area contributed by atoms with Crippen LogP contribution in [-0.2, 0) is 0 Å². The summed E-state index contributed by atoms with van der Waals surface area (Å²) in [6.45, 7) is 0. The normalized spacial score (nSPS) is 46.1. The molecule has 0 bridgehead atoms. The van der Waals surface area contributed by atoms with Crippen LogP contribution >= 0.6 is 12.6 Å². The molecule has 0 amide bonds. The van der Waals surface area contributed by atoms with Gasteiger partial charge in [0.15, 0.2) is 0 Å². The van der Waals surface area contributed by atoms with Gasteiger partial charge in [0.05, 0.1) is 5.60 Å². The molecule has 0 radical (unpaired) electrons. The van der Waals surface area contributed by atoms with Crippen molar-refractivity contribution in [3.63, 3.8) is 0 Å². The maximum Gasteiger partial charge on any atom is 0.0764 e. The molecular weight excluding hydrogens is 122 g/mol. The molecule has 3 heteroatoms. The highest BCUT2D eigenvalue weighted by molar-refractivity contribution is 7.80. The number of thiol groups is 1. The second kappa shape index (κ2) is 1.90. The first-order valence-electron chi connectivity index (χ1n) is 2.75. The first kappa shape index (κ1) is 6.39. The zero-order valence-corrected chi connectivity index (χ0v) is 5.56. The fraction of sp³-hybridized carbons (Fsp3) is 1.00. The van der Waals surface area contributed by atoms with Crippen LogP contribution < -0.4 is 5.73 Å². The van der Waals surface area contributed by atoms with Crippen LogP contribution in [0.4, 0.5) is 0 Å². The molecule has 0 aromatic heterocycles. The lowest BCUT2D eigenvalue weighted by atomic mass is 9.78. The third-order valence-electron chi connectivity index (χ3n) is 1.58. The molecule has 8 heavy (non-hydrogen) atoms. The van der Waals surface area contributed by atoms with Crippen molar-refractivity contribution in [2.24, 2.45) is 5.73 Å². The molecule has 0 unspecified atom stereocenters. The highest BCUT2D eigenvalue weighted by atomic mass is 32.1. The van der Waals surface area contributed by atoms with E-state index in [2.05, 4.69) is 12.6 Å². The summed E-state index contributed by atoms with van der Waals surface area (Å²) in [5.41, 5.74) is 4.91. The van der Waals surface area contributed by atoms with E-state index in [9.17, 15) is 5.11 Å². The lowest BCUT2D eigenvalue weighted by molar-refractivity contribution is -0.0237. The summed E-state index contributed by atoms with van der Waals surface area (Å²) in [6.07, 6.45) is 1.44. The zero-order chi connectivity index (χ0) is 6.20. The molecule has 1 saturated carbocycles. The molecule has 0 aromatic carbocycles. The van der Waals surface area contributed by atoms with Gasteiger partial charge in [0.1, 0.15) is 0 Å². The Labute approximate surface area is 54.5 Å². The highest BCUT2D eigenvalue weighted by Gasteiger charge is 2.39. The van der Waals surface area contributed by atoms with E-state index in [1.165, 1.54) is 0 Å². The van der Waals surface area contributed by atoms with Crippen LogP contribution in [0.3, 0.4) is 0 Å². The standard InChI is InChI=1S/C5H11NOS/c6-4-1-5(7,2-4)3-8/h4,7-8H,1-3,6H2. The molecule has 48 valence electrons. The predicted octanol–water partition coefficient (Wildman–Crippen LogP) is -0.232. The number of nitrogens with two attached hydrogens (primary N) is 1. The molecular formula is C5H11NOS. The Morgan fingerprint density at radius 3 is 2.38 bits per heavy atom. The average Bonchev–Trinajstić information content (AvgIpc) is 1.63. The van der Waals surface area contributed by atoms with Crippen LogP contribution in [0.1, 0.15) is 12.8 Å². The maximum absolute atomic E-state index is 9.23. The monoisotopic (exact) mass is 133 g/mol. The molecule has 3 N–H and O–H groups in total. The third-order valence-corrected chi connectivity index (χ3v) is 2.17. The van der Waals surface area contributed by atoms with Crippen LogP contribution in [-0.4, -0.2) is 22.5 Å². The minimum atomic E-state index is -0.525. The Kier molecular flexibility index (Phi) is 1.52. The van der Waals surface area contributed by atoms with E-state index in [1.54, 1.807) is 0 Å². The molecule has 0 atom stereocenters. The van der Waals surface area contributed by atoms with Gasteiger partial charge in [-0.2, -0.15) is 12.6 Å². The molecule has 1 rings (SSSR count). The molecule has 2 nitrogen and oxygen atoms in total. The van der Waals surface area contributed by atoms with Gasteiger partial charge in [0.25, 0.3) is 0 Å². The Hall–Kier alpha value is 0.270. The van der Waals surface area contributed by atoms with E-state index < -0.39 is 5.60 Å². The molecule has 0 spiro atoms. The van der Waals surface area contributed by atoms with Crippen molar-refractivity contribution in [1.29, 1.82) is 0 Å². The summed E-state index contributed by atoms with van der Waals surface area (Å²) in [4.78, 5) is 0. The second-order valence-corrected chi connectivity index (χ2v) is 2.87. The molecule has 1 aliphatic rings. The quantitative estimate of drug-likeness (QED) is 0.433. The van der Waals surface area contributed by atoms with Crippen LogP contribution in [0.5, 0.6) is 0 Å². The van der Waals surface area contributed by atoms with Gasteiger partial charge in [-0.05, 0) is 12.8 Å². The Balaban J connectivity index is 2.30. The van der Waals surface area contributed by atoms with Gasteiger partial charge in [-0.25, -0.2) is 0 Å². The van der Waals surface area contributed by atoms with Crippen molar-refractivity contribution in [1.82, 2.24) is 0 Å². The van der Waals surface area contributed by atoms with Gasteiger partial charge in [0, 0.05) is 11.8 Å². The summed E-state index contributed by atoms with van der Waals surface area (Å²) in [5, 5.41) is 9.23. The van der Waals surface area contributed by atoms with E-state index in [-0.39, 0.29) is 6.04 Å². The zero-order valence-electron chi connectivity index (χ0n) is 4.67. The van der Waals surface area contributed by atoms with Crippen molar-refractivity contribution in [3.8, 4) is 0 Å². The molecule has 0 aliphatic heterocycles. The summed E-state index contributed by atoms with van der Waals surface area (Å²) in [6, 6.07) is 0.215. The average molecular weight is 133 g/mol. The van der Waals surface area contributed by atoms with Gasteiger partial charge in [0.2, 0.25) is 0 Å². The van der Waals surface area contributed by atoms with E-state index >= 15 is 0 Å². The van der Waals surface area contributed by atoms with Gasteiger partial charge in [-0.3, -0.25) is 0 Å². The lowest BCUT2D eigenvalue weighted by Crippen LogP contribution is -2.52. The number of aliphatic hydroxyl groups is 1.